The molecular formula is C22H28N4OS. The third-order valence-corrected chi connectivity index (χ3v) is 5.59. The summed E-state index contributed by atoms with van der Waals surface area (Å²) in [6.07, 6.45) is 5.63. The first kappa shape index (κ1) is 20.4. The summed E-state index contributed by atoms with van der Waals surface area (Å²) in [6, 6.07) is 16.3. The van der Waals surface area contributed by atoms with E-state index in [9.17, 15) is 0 Å². The van der Waals surface area contributed by atoms with Crippen LogP contribution in [-0.2, 0) is 12.3 Å². The third-order valence-electron chi connectivity index (χ3n) is 4.74. The van der Waals surface area contributed by atoms with Gasteiger partial charge in [-0.2, -0.15) is 5.10 Å². The Morgan fingerprint density at radius 3 is 2.68 bits per heavy atom. The zero-order valence-corrected chi connectivity index (χ0v) is 17.2. The number of ether oxygens (including phenoxy) is 1. The van der Waals surface area contributed by atoms with Crippen molar-refractivity contribution in [3.05, 3.63) is 65.2 Å². The molecular weight excluding hydrogens is 368 g/mol. The van der Waals surface area contributed by atoms with E-state index in [1.807, 2.05) is 30.3 Å². The molecule has 1 aliphatic heterocycles. The maximum absolute atomic E-state index is 5.96. The Morgan fingerprint density at radius 2 is 1.93 bits per heavy atom. The quantitative estimate of drug-likeness (QED) is 0.431. The molecule has 148 valence electrons. The summed E-state index contributed by atoms with van der Waals surface area (Å²) in [5.41, 5.74) is 9.35. The second-order valence-corrected chi connectivity index (χ2v) is 7.86. The molecule has 1 saturated heterocycles. The highest BCUT2D eigenvalue weighted by Gasteiger charge is 2.13. The van der Waals surface area contributed by atoms with Gasteiger partial charge in [0.25, 0.3) is 0 Å². The molecule has 0 aromatic heterocycles. The van der Waals surface area contributed by atoms with E-state index in [0.29, 0.717) is 5.17 Å². The number of benzene rings is 2. The lowest BCUT2D eigenvalue weighted by Crippen LogP contribution is -2.29. The smallest absolute Gasteiger partial charge is 0.180 e. The van der Waals surface area contributed by atoms with Crippen molar-refractivity contribution in [2.45, 2.75) is 31.6 Å². The minimum Gasteiger partial charge on any atom is -0.496 e. The second kappa shape index (κ2) is 10.9. The number of likely N-dealkylation sites (tertiary alicyclic amines) is 1. The molecule has 0 saturated carbocycles. The molecule has 3 rings (SSSR count). The van der Waals surface area contributed by atoms with Gasteiger partial charge < -0.3 is 10.5 Å². The Morgan fingerprint density at radius 1 is 1.14 bits per heavy atom. The minimum atomic E-state index is 0.460. The van der Waals surface area contributed by atoms with Crippen LogP contribution >= 0.6 is 11.8 Å². The molecule has 1 fully saturated rings. The van der Waals surface area contributed by atoms with E-state index in [0.717, 1.165) is 36.7 Å². The Balaban J connectivity index is 1.60. The van der Waals surface area contributed by atoms with Gasteiger partial charge in [-0.15, -0.1) is 5.10 Å². The molecule has 2 aromatic carbocycles. The number of nitrogens with two attached hydrogens (primary N) is 1. The zero-order chi connectivity index (χ0) is 19.6. The van der Waals surface area contributed by atoms with Crippen LogP contribution in [0.1, 0.15) is 36.0 Å². The van der Waals surface area contributed by atoms with E-state index in [1.165, 1.54) is 42.2 Å². The summed E-state index contributed by atoms with van der Waals surface area (Å²) in [7, 11) is 1.72. The standard InChI is InChI=1S/C22H28N4OS/c1-27-21-11-10-19(14-20(21)16-26-12-6-3-7-13-26)15-24-25-22(23)28-17-18-8-4-2-5-9-18/h2,4-5,8-11,14-15H,3,6-7,12-13,16-17H2,1H3,(H2,23,25). The van der Waals surface area contributed by atoms with Gasteiger partial charge in [-0.1, -0.05) is 48.5 Å². The molecule has 0 atom stereocenters. The number of hydrogen-bond acceptors (Lipinski definition) is 5. The lowest BCUT2D eigenvalue weighted by Gasteiger charge is -2.27. The van der Waals surface area contributed by atoms with Gasteiger partial charge in [-0.25, -0.2) is 0 Å². The van der Waals surface area contributed by atoms with Gasteiger partial charge in [0.2, 0.25) is 0 Å². The van der Waals surface area contributed by atoms with Crippen LogP contribution in [0.25, 0.3) is 0 Å². The number of rotatable bonds is 7. The lowest BCUT2D eigenvalue weighted by molar-refractivity contribution is 0.218. The van der Waals surface area contributed by atoms with Crippen molar-refractivity contribution in [3.63, 3.8) is 0 Å². The second-order valence-electron chi connectivity index (χ2n) is 6.87. The summed E-state index contributed by atoms with van der Waals surface area (Å²) in [5.74, 6) is 1.71. The maximum Gasteiger partial charge on any atom is 0.180 e. The molecule has 0 unspecified atom stereocenters. The van der Waals surface area contributed by atoms with Gasteiger partial charge >= 0.3 is 0 Å². The fraction of sp³-hybridized carbons (Fsp3) is 0.364. The summed E-state index contributed by atoms with van der Waals surface area (Å²) in [6.45, 7) is 3.21. The van der Waals surface area contributed by atoms with Crippen molar-refractivity contribution in [2.75, 3.05) is 20.2 Å². The number of thioether (sulfide) groups is 1. The molecule has 5 nitrogen and oxygen atoms in total. The van der Waals surface area contributed by atoms with Gasteiger partial charge in [0, 0.05) is 17.9 Å². The van der Waals surface area contributed by atoms with Gasteiger partial charge in [0.15, 0.2) is 5.17 Å². The van der Waals surface area contributed by atoms with Gasteiger partial charge in [0.1, 0.15) is 5.75 Å². The Bertz CT molecular complexity index is 801. The Hall–Kier alpha value is -2.31. The van der Waals surface area contributed by atoms with E-state index < -0.39 is 0 Å². The van der Waals surface area contributed by atoms with Crippen LogP contribution in [0.5, 0.6) is 5.75 Å². The van der Waals surface area contributed by atoms with E-state index in [-0.39, 0.29) is 0 Å². The maximum atomic E-state index is 5.96. The topological polar surface area (TPSA) is 63.2 Å². The molecule has 2 N–H and O–H groups in total. The highest BCUT2D eigenvalue weighted by molar-refractivity contribution is 8.13. The number of amidine groups is 1. The lowest BCUT2D eigenvalue weighted by atomic mass is 10.1. The average molecular weight is 397 g/mol. The van der Waals surface area contributed by atoms with Gasteiger partial charge in [-0.3, -0.25) is 4.90 Å². The van der Waals surface area contributed by atoms with Crippen molar-refractivity contribution < 1.29 is 4.74 Å². The summed E-state index contributed by atoms with van der Waals surface area (Å²) >= 11 is 1.48. The Kier molecular flexibility index (Phi) is 7.94. The highest BCUT2D eigenvalue weighted by atomic mass is 32.2. The molecule has 28 heavy (non-hydrogen) atoms. The minimum absolute atomic E-state index is 0.460. The number of methoxy groups -OCH3 is 1. The van der Waals surface area contributed by atoms with Crippen molar-refractivity contribution in [2.24, 2.45) is 15.9 Å². The number of hydrogen-bond donors (Lipinski definition) is 1. The Labute approximate surface area is 171 Å². The molecule has 0 amide bonds. The normalized spacial score (nSPS) is 15.8. The van der Waals surface area contributed by atoms with Crippen LogP contribution in [0.15, 0.2) is 58.7 Å². The van der Waals surface area contributed by atoms with E-state index >= 15 is 0 Å². The van der Waals surface area contributed by atoms with Crippen LogP contribution in [-0.4, -0.2) is 36.5 Å². The summed E-state index contributed by atoms with van der Waals surface area (Å²) < 4.78 is 5.54. The van der Waals surface area contributed by atoms with Crippen LogP contribution in [0.4, 0.5) is 0 Å². The average Bonchev–Trinajstić information content (AvgIpc) is 2.74. The van der Waals surface area contributed by atoms with Crippen molar-refractivity contribution >= 4 is 23.1 Å². The molecule has 0 bridgehead atoms. The number of piperidine rings is 1. The monoisotopic (exact) mass is 396 g/mol. The fourth-order valence-electron chi connectivity index (χ4n) is 3.27. The molecule has 0 aliphatic carbocycles. The fourth-order valence-corrected chi connectivity index (χ4v) is 3.89. The highest BCUT2D eigenvalue weighted by Crippen LogP contribution is 2.23. The van der Waals surface area contributed by atoms with E-state index in [2.05, 4.69) is 33.3 Å². The SMILES string of the molecule is COc1ccc(C=NN=C(N)SCc2ccccc2)cc1CN1CCCCC1. The van der Waals surface area contributed by atoms with Crippen molar-refractivity contribution in [1.82, 2.24) is 4.90 Å². The summed E-state index contributed by atoms with van der Waals surface area (Å²) in [5, 5.41) is 8.73. The van der Waals surface area contributed by atoms with Crippen LogP contribution in [0, 0.1) is 0 Å². The summed E-state index contributed by atoms with van der Waals surface area (Å²) in [4.78, 5) is 2.48. The van der Waals surface area contributed by atoms with E-state index in [4.69, 9.17) is 10.5 Å². The molecule has 0 radical (unpaired) electrons. The van der Waals surface area contributed by atoms with Crippen molar-refractivity contribution in [3.8, 4) is 5.75 Å². The van der Waals surface area contributed by atoms with Crippen molar-refractivity contribution in [1.29, 1.82) is 0 Å². The first-order valence-corrected chi connectivity index (χ1v) is 10.7. The largest absolute Gasteiger partial charge is 0.496 e. The zero-order valence-electron chi connectivity index (χ0n) is 16.4. The predicted molar refractivity (Wildman–Crippen MR) is 119 cm³/mol. The van der Waals surface area contributed by atoms with Crippen LogP contribution in [0.2, 0.25) is 0 Å². The van der Waals surface area contributed by atoms with E-state index in [1.54, 1.807) is 13.3 Å². The van der Waals surface area contributed by atoms with Crippen LogP contribution in [0.3, 0.4) is 0 Å². The predicted octanol–water partition coefficient (Wildman–Crippen LogP) is 4.26. The molecule has 1 aliphatic rings. The first-order valence-electron chi connectivity index (χ1n) is 9.67. The number of nitrogens with zero attached hydrogens (tertiary/aromatic N) is 3. The molecule has 1 heterocycles. The van der Waals surface area contributed by atoms with Gasteiger partial charge in [-0.05, 0) is 55.3 Å². The first-order chi connectivity index (χ1) is 13.7. The van der Waals surface area contributed by atoms with Crippen LogP contribution < -0.4 is 10.5 Å². The van der Waals surface area contributed by atoms with Gasteiger partial charge in [0.05, 0.1) is 13.3 Å². The third kappa shape index (κ3) is 6.39. The molecule has 6 heteroatoms. The molecule has 0 spiro atoms. The molecule has 2 aromatic rings.